The lowest BCUT2D eigenvalue weighted by Crippen LogP contribution is -2.55. The van der Waals surface area contributed by atoms with Crippen LogP contribution < -0.4 is 10.6 Å². The van der Waals surface area contributed by atoms with Crippen LogP contribution in [0.25, 0.3) is 5.76 Å². The maximum Gasteiger partial charge on any atom is 0.255 e. The number of Topliss-reactive ketones (excluding diaryl/α,β-unsaturated/α-hetero) is 2. The van der Waals surface area contributed by atoms with Gasteiger partial charge in [-0.05, 0) is 80.6 Å². The molecule has 1 fully saturated rings. The summed E-state index contributed by atoms with van der Waals surface area (Å²) in [5, 5.41) is 34.1. The van der Waals surface area contributed by atoms with Gasteiger partial charge < -0.3 is 26.0 Å². The van der Waals surface area contributed by atoms with Crippen LogP contribution in [-0.2, 0) is 27.2 Å². The van der Waals surface area contributed by atoms with E-state index in [1.54, 1.807) is 19.0 Å². The summed E-state index contributed by atoms with van der Waals surface area (Å²) in [5.74, 6) is -7.73. The molecule has 0 aliphatic heterocycles. The van der Waals surface area contributed by atoms with Crippen molar-refractivity contribution in [1.29, 1.82) is 0 Å². The molecule has 3 aliphatic carbocycles. The van der Waals surface area contributed by atoms with E-state index in [-0.39, 0.29) is 52.6 Å². The van der Waals surface area contributed by atoms with Crippen LogP contribution in [0.2, 0.25) is 0 Å². The highest BCUT2D eigenvalue weighted by molar-refractivity contribution is 6.28. The number of allylic oxidation sites excluding steroid dienone is 1. The molecule has 1 aromatic carbocycles. The number of fused-ring (bicyclic) bond motifs is 3. The van der Waals surface area contributed by atoms with Crippen molar-refractivity contribution < 1.29 is 37.9 Å². The van der Waals surface area contributed by atoms with Gasteiger partial charge in [-0.3, -0.25) is 19.3 Å². The molecular weight excluding hydrogens is 498 g/mol. The SMILES string of the molecule is [2H]C([2H])([2H])N(c1cc(CCCC(C)(C)C)c(O)c2c1C[C@H]1C[C@@H]3C(C(=O)C(C(N)=O)=C(O)[C@H]3N(C)C)C(=O)C1=C2O)C([2H])([2H])[2H]. The van der Waals surface area contributed by atoms with Gasteiger partial charge in [0.05, 0.1) is 17.5 Å². The Labute approximate surface area is 238 Å². The molecule has 212 valence electrons. The first-order valence-electron chi connectivity index (χ1n) is 16.1. The highest BCUT2D eigenvalue weighted by Crippen LogP contribution is 2.52. The Morgan fingerprint density at radius 2 is 1.82 bits per heavy atom. The van der Waals surface area contributed by atoms with Crippen molar-refractivity contribution >= 4 is 28.9 Å². The lowest BCUT2D eigenvalue weighted by Gasteiger charge is -2.46. The standard InChI is InChI=1S/C30H41N3O6/c1-30(2,3)10-8-9-14-13-18(32(4)5)16-11-15-12-17-21(26(36)19(15)25(35)20(16)24(14)34)27(37)22(29(31)39)28(38)23(17)33(6)7/h13,15,17,21,23,34-35,38H,8-12H2,1-7H3,(H2,31,39)/t15-,17+,21?,23-/m0/s1/i4D3,5D3. The Morgan fingerprint density at radius 3 is 2.38 bits per heavy atom. The molecule has 4 rings (SSSR count). The number of likely N-dealkylation sites (N-methyl/N-ethyl adjacent to an activating group) is 1. The van der Waals surface area contributed by atoms with Gasteiger partial charge in [0.1, 0.15) is 22.8 Å². The molecule has 1 amide bonds. The number of nitrogens with zero attached hydrogens (tertiary/aromatic N) is 2. The van der Waals surface area contributed by atoms with E-state index in [1.165, 1.54) is 6.07 Å². The highest BCUT2D eigenvalue weighted by Gasteiger charge is 2.55. The van der Waals surface area contributed by atoms with Gasteiger partial charge in [-0.25, -0.2) is 0 Å². The number of ketones is 2. The van der Waals surface area contributed by atoms with Gasteiger partial charge in [0.2, 0.25) is 0 Å². The van der Waals surface area contributed by atoms with Crippen LogP contribution in [0, 0.1) is 23.2 Å². The molecule has 5 N–H and O–H groups in total. The lowest BCUT2D eigenvalue weighted by atomic mass is 9.59. The number of rotatable bonds is 6. The summed E-state index contributed by atoms with van der Waals surface area (Å²) in [7, 11) is 3.19. The third-order valence-corrected chi connectivity index (χ3v) is 8.23. The number of aliphatic hydroxyl groups is 2. The minimum Gasteiger partial charge on any atom is -0.510 e. The second-order valence-electron chi connectivity index (χ2n) is 12.3. The van der Waals surface area contributed by atoms with Gasteiger partial charge in [0.15, 0.2) is 11.6 Å². The average molecular weight is 546 g/mol. The minimum atomic E-state index is -3.14. The van der Waals surface area contributed by atoms with Crippen molar-refractivity contribution in [2.24, 2.45) is 28.9 Å². The van der Waals surface area contributed by atoms with E-state index in [4.69, 9.17) is 14.0 Å². The van der Waals surface area contributed by atoms with E-state index in [0.717, 1.165) is 6.42 Å². The Hall–Kier alpha value is -3.33. The zero-order chi connectivity index (χ0) is 34.1. The highest BCUT2D eigenvalue weighted by atomic mass is 16.3. The number of aliphatic hydroxyl groups excluding tert-OH is 2. The zero-order valence-electron chi connectivity index (χ0n) is 29.0. The van der Waals surface area contributed by atoms with Gasteiger partial charge in [0, 0.05) is 33.4 Å². The Kier molecular flexibility index (Phi) is 5.51. The van der Waals surface area contributed by atoms with E-state index in [1.807, 2.05) is 20.8 Å². The third kappa shape index (κ3) is 4.81. The van der Waals surface area contributed by atoms with Gasteiger partial charge in [-0.1, -0.05) is 20.8 Å². The molecule has 3 aliphatic rings. The first kappa shape index (κ1) is 21.5. The quantitative estimate of drug-likeness (QED) is 0.315. The van der Waals surface area contributed by atoms with E-state index in [2.05, 4.69) is 0 Å². The molecular formula is C30H41N3O6. The Balaban J connectivity index is 1.97. The van der Waals surface area contributed by atoms with Crippen LogP contribution in [0.3, 0.4) is 0 Å². The van der Waals surface area contributed by atoms with Crippen LogP contribution >= 0.6 is 0 Å². The van der Waals surface area contributed by atoms with E-state index >= 15 is 0 Å². The van der Waals surface area contributed by atoms with Crippen LogP contribution in [0.5, 0.6) is 5.75 Å². The topological polar surface area (TPSA) is 144 Å². The average Bonchev–Trinajstić information content (AvgIpc) is 2.83. The van der Waals surface area contributed by atoms with Crippen molar-refractivity contribution in [3.8, 4) is 5.75 Å². The molecule has 0 bridgehead atoms. The van der Waals surface area contributed by atoms with Crippen molar-refractivity contribution in [1.82, 2.24) is 4.90 Å². The van der Waals surface area contributed by atoms with Crippen molar-refractivity contribution in [2.45, 2.75) is 58.9 Å². The van der Waals surface area contributed by atoms with Gasteiger partial charge in [-0.2, -0.15) is 0 Å². The number of amides is 1. The Morgan fingerprint density at radius 1 is 1.15 bits per heavy atom. The van der Waals surface area contributed by atoms with Gasteiger partial charge in [-0.15, -0.1) is 0 Å². The predicted octanol–water partition coefficient (Wildman–Crippen LogP) is 3.28. The number of phenols is 1. The molecule has 4 atom stereocenters. The number of carbonyl (C=O) groups is 3. The van der Waals surface area contributed by atoms with Crippen LogP contribution in [0.15, 0.2) is 23.0 Å². The summed E-state index contributed by atoms with van der Waals surface area (Å²) < 4.78 is 48.6. The maximum absolute atomic E-state index is 14.1. The molecule has 1 saturated carbocycles. The number of hydrogen-bond donors (Lipinski definition) is 4. The molecule has 1 unspecified atom stereocenters. The number of aromatic hydroxyl groups is 1. The number of primary amides is 1. The maximum atomic E-state index is 14.1. The monoisotopic (exact) mass is 545 g/mol. The molecule has 9 nitrogen and oxygen atoms in total. The van der Waals surface area contributed by atoms with Crippen molar-refractivity contribution in [3.63, 3.8) is 0 Å². The molecule has 0 radical (unpaired) electrons. The molecule has 0 saturated heterocycles. The Bertz CT molecular complexity index is 1490. The van der Waals surface area contributed by atoms with E-state index in [9.17, 15) is 29.7 Å². The first-order chi connectivity index (χ1) is 20.5. The zero-order valence-corrected chi connectivity index (χ0v) is 23.0. The predicted molar refractivity (Wildman–Crippen MR) is 150 cm³/mol. The van der Waals surface area contributed by atoms with Crippen molar-refractivity contribution in [3.05, 3.63) is 39.7 Å². The summed E-state index contributed by atoms with van der Waals surface area (Å²) in [6, 6.07) is 0.380. The second-order valence-corrected chi connectivity index (χ2v) is 12.3. The van der Waals surface area contributed by atoms with E-state index in [0.29, 0.717) is 11.3 Å². The number of aryl methyl sites for hydroxylation is 1. The molecule has 0 heterocycles. The van der Waals surface area contributed by atoms with E-state index < -0.39 is 78.1 Å². The fourth-order valence-electron chi connectivity index (χ4n) is 6.57. The summed E-state index contributed by atoms with van der Waals surface area (Å²) >= 11 is 0. The number of hydrogen-bond acceptors (Lipinski definition) is 8. The number of phenolic OH excluding ortho intramolecular Hbond substituents is 1. The van der Waals surface area contributed by atoms with Crippen LogP contribution in [0.4, 0.5) is 5.69 Å². The summed E-state index contributed by atoms with van der Waals surface area (Å²) in [4.78, 5) is 41.6. The fourth-order valence-corrected chi connectivity index (χ4v) is 6.57. The summed E-state index contributed by atoms with van der Waals surface area (Å²) in [6.45, 7) is -0.194. The third-order valence-electron chi connectivity index (χ3n) is 8.23. The summed E-state index contributed by atoms with van der Waals surface area (Å²) in [6.07, 6.45) is 1.38. The number of anilines is 1. The molecule has 39 heavy (non-hydrogen) atoms. The first-order valence-corrected chi connectivity index (χ1v) is 13.1. The smallest absolute Gasteiger partial charge is 0.255 e. The molecule has 1 aromatic rings. The summed E-state index contributed by atoms with van der Waals surface area (Å²) in [5.41, 5.74) is 4.25. The minimum absolute atomic E-state index is 0.0367. The number of benzene rings is 1. The van der Waals surface area contributed by atoms with Crippen LogP contribution in [-0.4, -0.2) is 71.8 Å². The number of carbonyl (C=O) groups excluding carboxylic acids is 3. The normalized spacial score (nSPS) is 27.9. The lowest BCUT2D eigenvalue weighted by molar-refractivity contribution is -0.136. The molecule has 9 heteroatoms. The van der Waals surface area contributed by atoms with Crippen molar-refractivity contribution in [2.75, 3.05) is 32.9 Å². The largest absolute Gasteiger partial charge is 0.510 e. The van der Waals surface area contributed by atoms with Gasteiger partial charge in [0.25, 0.3) is 5.91 Å². The fraction of sp³-hybridized carbons (Fsp3) is 0.567. The molecule has 0 aromatic heterocycles. The van der Waals surface area contributed by atoms with Crippen LogP contribution in [0.1, 0.15) is 64.9 Å². The molecule has 0 spiro atoms. The number of nitrogens with two attached hydrogens (primary N) is 1. The van der Waals surface area contributed by atoms with Gasteiger partial charge >= 0.3 is 0 Å². The second kappa shape index (κ2) is 10.0.